The van der Waals surface area contributed by atoms with E-state index >= 15 is 0 Å². The maximum absolute atomic E-state index is 12.3. The van der Waals surface area contributed by atoms with E-state index < -0.39 is 5.76 Å². The minimum atomic E-state index is -0.459. The molecular weight excluding hydrogens is 310 g/mol. The van der Waals surface area contributed by atoms with Crippen LogP contribution in [0.4, 0.5) is 10.5 Å². The molecule has 0 fully saturated rings. The largest absolute Gasteiger partial charge is 0.494 e. The van der Waals surface area contributed by atoms with Gasteiger partial charge in [-0.1, -0.05) is 13.2 Å². The summed E-state index contributed by atoms with van der Waals surface area (Å²) in [7, 11) is 1.62. The molecule has 1 aromatic heterocycles. The van der Waals surface area contributed by atoms with Gasteiger partial charge in [-0.3, -0.25) is 9.47 Å². The zero-order chi connectivity index (χ0) is 17.4. The number of urea groups is 1. The Bertz CT molecular complexity index is 948. The molecule has 0 atom stereocenters. The third-order valence-electron chi connectivity index (χ3n) is 3.73. The van der Waals surface area contributed by atoms with Crippen LogP contribution in [-0.2, 0) is 11.8 Å². The molecule has 2 amide bonds. The molecule has 124 valence electrons. The van der Waals surface area contributed by atoms with Crippen molar-refractivity contribution in [1.29, 1.82) is 0 Å². The van der Waals surface area contributed by atoms with E-state index in [0.717, 1.165) is 0 Å². The number of fused-ring (bicyclic) bond motifs is 1. The van der Waals surface area contributed by atoms with Gasteiger partial charge in [0.05, 0.1) is 23.4 Å². The minimum Gasteiger partial charge on any atom is -0.494 e. The number of nitrogens with zero attached hydrogens (tertiary/aromatic N) is 2. The van der Waals surface area contributed by atoms with Gasteiger partial charge in [0.15, 0.2) is 5.58 Å². The molecule has 1 aliphatic heterocycles. The van der Waals surface area contributed by atoms with Crippen LogP contribution < -0.4 is 16.0 Å². The fourth-order valence-electron chi connectivity index (χ4n) is 2.48. The Balaban J connectivity index is 2.06. The van der Waals surface area contributed by atoms with Crippen LogP contribution in [0.5, 0.6) is 0 Å². The van der Waals surface area contributed by atoms with Crippen molar-refractivity contribution in [3.8, 4) is 0 Å². The predicted octanol–water partition coefficient (Wildman–Crippen LogP) is 2.61. The third kappa shape index (κ3) is 2.50. The van der Waals surface area contributed by atoms with Crippen LogP contribution in [-0.4, -0.2) is 17.2 Å². The first-order chi connectivity index (χ1) is 11.4. The van der Waals surface area contributed by atoms with E-state index in [-0.39, 0.29) is 6.03 Å². The average Bonchev–Trinajstić information content (AvgIpc) is 2.81. The molecular formula is C17H17N3O4. The lowest BCUT2D eigenvalue weighted by Crippen LogP contribution is -2.40. The number of hydrogen-bond donors (Lipinski definition) is 1. The zero-order valence-electron chi connectivity index (χ0n) is 13.5. The van der Waals surface area contributed by atoms with Crippen LogP contribution >= 0.6 is 0 Å². The van der Waals surface area contributed by atoms with E-state index in [2.05, 4.69) is 18.5 Å². The molecule has 7 heteroatoms. The van der Waals surface area contributed by atoms with Gasteiger partial charge in [0.2, 0.25) is 0 Å². The first kappa shape index (κ1) is 15.7. The van der Waals surface area contributed by atoms with Gasteiger partial charge in [-0.25, -0.2) is 9.59 Å². The highest BCUT2D eigenvalue weighted by atomic mass is 16.5. The Hall–Kier alpha value is -3.22. The average molecular weight is 327 g/mol. The van der Waals surface area contributed by atoms with Crippen molar-refractivity contribution < 1.29 is 13.9 Å². The van der Waals surface area contributed by atoms with Crippen molar-refractivity contribution >= 4 is 22.8 Å². The Morgan fingerprint density at radius 3 is 2.83 bits per heavy atom. The van der Waals surface area contributed by atoms with Crippen molar-refractivity contribution in [2.75, 3.05) is 11.5 Å². The molecule has 24 heavy (non-hydrogen) atoms. The Labute approximate surface area is 138 Å². The third-order valence-corrected chi connectivity index (χ3v) is 3.73. The lowest BCUT2D eigenvalue weighted by atomic mass is 10.1. The molecule has 0 radical (unpaired) electrons. The number of oxazole rings is 1. The van der Waals surface area contributed by atoms with Gasteiger partial charge < -0.3 is 14.5 Å². The second-order valence-electron chi connectivity index (χ2n) is 5.26. The molecule has 1 N–H and O–H groups in total. The normalized spacial score (nSPS) is 14.6. The van der Waals surface area contributed by atoms with Gasteiger partial charge >= 0.3 is 11.8 Å². The molecule has 1 aromatic carbocycles. The Morgan fingerprint density at radius 1 is 1.38 bits per heavy atom. The van der Waals surface area contributed by atoms with Crippen LogP contribution in [0.1, 0.15) is 6.92 Å². The molecule has 7 nitrogen and oxygen atoms in total. The summed E-state index contributed by atoms with van der Waals surface area (Å²) in [5.41, 5.74) is 2.60. The number of nitrogens with one attached hydrogen (secondary N) is 1. The lowest BCUT2D eigenvalue weighted by molar-refractivity contribution is 0.237. The van der Waals surface area contributed by atoms with E-state index in [1.54, 1.807) is 31.4 Å². The lowest BCUT2D eigenvalue weighted by Gasteiger charge is -2.27. The second kappa shape index (κ2) is 5.77. The van der Waals surface area contributed by atoms with E-state index in [0.29, 0.717) is 40.4 Å². The van der Waals surface area contributed by atoms with Crippen LogP contribution in [0, 0.1) is 0 Å². The number of carbonyl (C=O) groups excluding carboxylic acids is 1. The number of carbonyl (C=O) groups is 1. The number of anilines is 1. The molecule has 0 aliphatic carbocycles. The number of rotatable bonds is 4. The molecule has 1 aliphatic rings. The summed E-state index contributed by atoms with van der Waals surface area (Å²) in [6.45, 7) is 9.96. The molecule has 0 spiro atoms. The molecule has 0 unspecified atom stereocenters. The first-order valence-corrected chi connectivity index (χ1v) is 7.35. The van der Waals surface area contributed by atoms with Gasteiger partial charge in [0.1, 0.15) is 5.76 Å². The van der Waals surface area contributed by atoms with Gasteiger partial charge in [-0.2, -0.15) is 0 Å². The van der Waals surface area contributed by atoms with Crippen LogP contribution in [0.25, 0.3) is 11.1 Å². The van der Waals surface area contributed by atoms with Gasteiger partial charge in [0.25, 0.3) is 0 Å². The van der Waals surface area contributed by atoms with E-state index in [1.807, 2.05) is 6.92 Å². The molecule has 3 rings (SSSR count). The topological polar surface area (TPSA) is 76.7 Å². The summed E-state index contributed by atoms with van der Waals surface area (Å²) in [6, 6.07) is 4.70. The number of benzene rings is 1. The molecule has 2 aromatic rings. The van der Waals surface area contributed by atoms with Crippen molar-refractivity contribution in [2.45, 2.75) is 6.92 Å². The zero-order valence-corrected chi connectivity index (χ0v) is 13.5. The molecule has 0 saturated heterocycles. The number of aryl methyl sites for hydroxylation is 1. The number of hydrogen-bond acceptors (Lipinski definition) is 4. The summed E-state index contributed by atoms with van der Waals surface area (Å²) < 4.78 is 12.0. The first-order valence-electron chi connectivity index (χ1n) is 7.35. The summed E-state index contributed by atoms with van der Waals surface area (Å²) >= 11 is 0. The van der Waals surface area contributed by atoms with Crippen LogP contribution in [0.3, 0.4) is 0 Å². The smallest absolute Gasteiger partial charge is 0.419 e. The number of aromatic nitrogens is 1. The summed E-state index contributed by atoms with van der Waals surface area (Å²) in [5, 5.41) is 2.67. The fourth-order valence-corrected chi connectivity index (χ4v) is 2.48. The second-order valence-corrected chi connectivity index (χ2v) is 5.26. The maximum Gasteiger partial charge on any atom is 0.419 e. The predicted molar refractivity (Wildman–Crippen MR) is 90.5 cm³/mol. The Morgan fingerprint density at radius 2 is 2.12 bits per heavy atom. The van der Waals surface area contributed by atoms with Crippen molar-refractivity contribution in [2.24, 2.45) is 7.05 Å². The van der Waals surface area contributed by atoms with E-state index in [1.165, 1.54) is 9.47 Å². The van der Waals surface area contributed by atoms with Gasteiger partial charge in [-0.15, -0.1) is 0 Å². The quantitative estimate of drug-likeness (QED) is 0.876. The standard InChI is InChI=1S/C17H17N3O4/c1-5-23-11(3)13-9-20(16(21)18-10(13)2)12-6-7-14-15(8-12)24-17(22)19(14)4/h6-9H,2-3,5H2,1,4H3,(H,18,21). The highest BCUT2D eigenvalue weighted by Gasteiger charge is 2.25. The molecule has 0 saturated carbocycles. The highest BCUT2D eigenvalue weighted by molar-refractivity contribution is 5.98. The van der Waals surface area contributed by atoms with Gasteiger partial charge in [-0.05, 0) is 19.1 Å². The summed E-state index contributed by atoms with van der Waals surface area (Å²) in [5.74, 6) is -0.0422. The summed E-state index contributed by atoms with van der Waals surface area (Å²) in [4.78, 5) is 25.3. The number of amides is 2. The highest BCUT2D eigenvalue weighted by Crippen LogP contribution is 2.27. The monoisotopic (exact) mass is 327 g/mol. The van der Waals surface area contributed by atoms with Crippen molar-refractivity contribution in [3.05, 3.63) is 65.1 Å². The summed E-state index contributed by atoms with van der Waals surface area (Å²) in [6.07, 6.45) is 1.60. The van der Waals surface area contributed by atoms with Crippen LogP contribution in [0.2, 0.25) is 0 Å². The van der Waals surface area contributed by atoms with Gasteiger partial charge in [0, 0.05) is 25.0 Å². The Kier molecular flexibility index (Phi) is 3.76. The van der Waals surface area contributed by atoms with Crippen molar-refractivity contribution in [3.63, 3.8) is 0 Å². The fraction of sp³-hybridized carbons (Fsp3) is 0.176. The molecule has 0 bridgehead atoms. The maximum atomic E-state index is 12.3. The van der Waals surface area contributed by atoms with Crippen molar-refractivity contribution in [1.82, 2.24) is 9.88 Å². The molecule has 2 heterocycles. The minimum absolute atomic E-state index is 0.370. The SMILES string of the molecule is C=C1NC(=O)N(c2ccc3c(c2)oc(=O)n3C)C=C1C(=C)OCC. The number of ether oxygens (including phenoxy) is 1. The van der Waals surface area contributed by atoms with Crippen LogP contribution in [0.15, 0.2) is 63.8 Å². The van der Waals surface area contributed by atoms with E-state index in [9.17, 15) is 9.59 Å². The van der Waals surface area contributed by atoms with E-state index in [4.69, 9.17) is 9.15 Å².